The van der Waals surface area contributed by atoms with Crippen molar-refractivity contribution in [1.82, 2.24) is 9.97 Å². The van der Waals surface area contributed by atoms with E-state index in [0.717, 1.165) is 41.7 Å². The average Bonchev–Trinajstić information content (AvgIpc) is 2.92. The molecule has 1 saturated carbocycles. The van der Waals surface area contributed by atoms with Crippen molar-refractivity contribution in [3.8, 4) is 0 Å². The van der Waals surface area contributed by atoms with Crippen LogP contribution in [0.5, 0.6) is 0 Å². The van der Waals surface area contributed by atoms with Crippen LogP contribution in [0.15, 0.2) is 0 Å². The molecule has 2 aromatic heterocycles. The molecule has 4 nitrogen and oxygen atoms in total. The number of aryl methyl sites for hydroxylation is 2. The summed E-state index contributed by atoms with van der Waals surface area (Å²) in [7, 11) is 0. The van der Waals surface area contributed by atoms with Crippen LogP contribution in [0, 0.1) is 5.92 Å². The van der Waals surface area contributed by atoms with Crippen molar-refractivity contribution in [2.75, 3.05) is 0 Å². The number of fused-ring (bicyclic) bond motifs is 3. The molecule has 2 heterocycles. The van der Waals surface area contributed by atoms with Gasteiger partial charge < -0.3 is 5.11 Å². The first kappa shape index (κ1) is 12.3. The third kappa shape index (κ3) is 1.84. The molecule has 20 heavy (non-hydrogen) atoms. The molecule has 0 aromatic carbocycles. The van der Waals surface area contributed by atoms with E-state index in [4.69, 9.17) is 0 Å². The summed E-state index contributed by atoms with van der Waals surface area (Å²) < 4.78 is 0. The molecule has 5 heteroatoms. The Morgan fingerprint density at radius 3 is 2.80 bits per heavy atom. The number of hydrogen-bond donors (Lipinski definition) is 1. The van der Waals surface area contributed by atoms with Gasteiger partial charge >= 0.3 is 5.97 Å². The number of aromatic nitrogens is 2. The highest BCUT2D eigenvalue weighted by Gasteiger charge is 2.26. The van der Waals surface area contributed by atoms with Gasteiger partial charge in [-0.15, -0.1) is 11.3 Å². The molecule has 2 aliphatic carbocycles. The zero-order valence-electron chi connectivity index (χ0n) is 11.2. The van der Waals surface area contributed by atoms with E-state index in [9.17, 15) is 9.90 Å². The van der Waals surface area contributed by atoms with Gasteiger partial charge in [-0.25, -0.2) is 14.8 Å². The molecule has 0 radical (unpaired) electrons. The van der Waals surface area contributed by atoms with E-state index >= 15 is 0 Å². The van der Waals surface area contributed by atoms with Gasteiger partial charge in [0.15, 0.2) is 5.69 Å². The van der Waals surface area contributed by atoms with Crippen molar-refractivity contribution in [2.45, 2.75) is 44.9 Å². The van der Waals surface area contributed by atoms with Crippen LogP contribution in [0.25, 0.3) is 10.2 Å². The Bertz CT molecular complexity index is 703. The lowest BCUT2D eigenvalue weighted by Gasteiger charge is -2.24. The smallest absolute Gasteiger partial charge is 0.355 e. The summed E-state index contributed by atoms with van der Waals surface area (Å²) in [5, 5.41) is 10.3. The molecule has 104 valence electrons. The number of carboxylic acids is 1. The van der Waals surface area contributed by atoms with Gasteiger partial charge in [0, 0.05) is 16.7 Å². The minimum Gasteiger partial charge on any atom is -0.476 e. The standard InChI is InChI=1S/C15H16N2O2S/c18-15(19)13-12-9-5-2-6-10(9)20-14(12)17-11(16-13)7-8-3-1-4-8/h8H,1-7H2,(H,18,19). The molecule has 2 aromatic rings. The number of rotatable bonds is 3. The van der Waals surface area contributed by atoms with Crippen molar-refractivity contribution in [1.29, 1.82) is 0 Å². The van der Waals surface area contributed by atoms with Gasteiger partial charge in [0.1, 0.15) is 10.7 Å². The summed E-state index contributed by atoms with van der Waals surface area (Å²) >= 11 is 1.67. The molecule has 4 rings (SSSR count). The number of thiophene rings is 1. The molecular formula is C15H16N2O2S. The molecule has 0 amide bonds. The summed E-state index contributed by atoms with van der Waals surface area (Å²) in [6.45, 7) is 0. The van der Waals surface area contributed by atoms with Crippen LogP contribution in [-0.2, 0) is 19.3 Å². The lowest BCUT2D eigenvalue weighted by atomic mass is 9.83. The third-order valence-electron chi connectivity index (χ3n) is 4.51. The molecular weight excluding hydrogens is 272 g/mol. The molecule has 0 saturated heterocycles. The third-order valence-corrected chi connectivity index (χ3v) is 5.70. The second-order valence-corrected chi connectivity index (χ2v) is 6.92. The molecule has 0 spiro atoms. The van der Waals surface area contributed by atoms with E-state index in [2.05, 4.69) is 9.97 Å². The first-order valence-electron chi connectivity index (χ1n) is 7.27. The van der Waals surface area contributed by atoms with Crippen molar-refractivity contribution >= 4 is 27.5 Å². The van der Waals surface area contributed by atoms with E-state index in [1.165, 1.54) is 29.7 Å². The Labute approximate surface area is 120 Å². The lowest BCUT2D eigenvalue weighted by molar-refractivity contribution is 0.0692. The minimum atomic E-state index is -0.917. The fourth-order valence-electron chi connectivity index (χ4n) is 3.24. The normalized spacial score (nSPS) is 18.2. The van der Waals surface area contributed by atoms with Gasteiger partial charge in [0.05, 0.1) is 0 Å². The Balaban J connectivity index is 1.85. The van der Waals surface area contributed by atoms with Crippen LogP contribution < -0.4 is 0 Å². The number of hydrogen-bond acceptors (Lipinski definition) is 4. The topological polar surface area (TPSA) is 63.1 Å². The van der Waals surface area contributed by atoms with E-state index in [1.807, 2.05) is 0 Å². The van der Waals surface area contributed by atoms with E-state index < -0.39 is 5.97 Å². The summed E-state index contributed by atoms with van der Waals surface area (Å²) in [6.07, 6.45) is 7.73. The molecule has 0 atom stereocenters. The highest BCUT2D eigenvalue weighted by Crippen LogP contribution is 2.38. The van der Waals surface area contributed by atoms with E-state index in [1.54, 1.807) is 11.3 Å². The van der Waals surface area contributed by atoms with Crippen LogP contribution >= 0.6 is 11.3 Å². The Morgan fingerprint density at radius 2 is 2.10 bits per heavy atom. The first-order valence-corrected chi connectivity index (χ1v) is 8.08. The molecule has 2 aliphatic rings. The van der Waals surface area contributed by atoms with Crippen molar-refractivity contribution in [3.63, 3.8) is 0 Å². The van der Waals surface area contributed by atoms with Gasteiger partial charge in [-0.2, -0.15) is 0 Å². The van der Waals surface area contributed by atoms with Crippen molar-refractivity contribution in [3.05, 3.63) is 22.0 Å². The van der Waals surface area contributed by atoms with E-state index in [0.29, 0.717) is 5.92 Å². The summed E-state index contributed by atoms with van der Waals surface area (Å²) in [6, 6.07) is 0. The predicted molar refractivity (Wildman–Crippen MR) is 77.4 cm³/mol. The van der Waals surface area contributed by atoms with Crippen LogP contribution in [-0.4, -0.2) is 21.0 Å². The van der Waals surface area contributed by atoms with Crippen LogP contribution in [0.4, 0.5) is 0 Å². The van der Waals surface area contributed by atoms with Gasteiger partial charge in [-0.3, -0.25) is 0 Å². The first-order chi connectivity index (χ1) is 9.72. The minimum absolute atomic E-state index is 0.226. The van der Waals surface area contributed by atoms with Crippen LogP contribution in [0.1, 0.15) is 52.4 Å². The largest absolute Gasteiger partial charge is 0.476 e. The fourth-order valence-corrected chi connectivity index (χ4v) is 4.52. The second kappa shape index (κ2) is 4.52. The maximum atomic E-state index is 11.5. The SMILES string of the molecule is O=C(O)c1nc(CC2CCC2)nc2sc3c(c12)CCC3. The highest BCUT2D eigenvalue weighted by molar-refractivity contribution is 7.19. The molecule has 0 unspecified atom stereocenters. The van der Waals surface area contributed by atoms with Gasteiger partial charge in [0.2, 0.25) is 0 Å². The van der Waals surface area contributed by atoms with Gasteiger partial charge in [-0.1, -0.05) is 19.3 Å². The maximum Gasteiger partial charge on any atom is 0.355 e. The molecule has 1 N–H and O–H groups in total. The molecule has 1 fully saturated rings. The quantitative estimate of drug-likeness (QED) is 0.942. The average molecular weight is 288 g/mol. The van der Waals surface area contributed by atoms with Crippen LogP contribution in [0.3, 0.4) is 0 Å². The summed E-state index contributed by atoms with van der Waals surface area (Å²) in [5.74, 6) is 0.459. The summed E-state index contributed by atoms with van der Waals surface area (Å²) in [5.41, 5.74) is 1.42. The van der Waals surface area contributed by atoms with Gasteiger partial charge in [0.25, 0.3) is 0 Å². The fraction of sp³-hybridized carbons (Fsp3) is 0.533. The number of carboxylic acid groups (broad SMARTS) is 1. The van der Waals surface area contributed by atoms with Crippen molar-refractivity contribution < 1.29 is 9.90 Å². The second-order valence-electron chi connectivity index (χ2n) is 5.83. The highest BCUT2D eigenvalue weighted by atomic mass is 32.1. The Hall–Kier alpha value is -1.49. The van der Waals surface area contributed by atoms with E-state index in [-0.39, 0.29) is 5.69 Å². The monoisotopic (exact) mass is 288 g/mol. The van der Waals surface area contributed by atoms with Gasteiger partial charge in [-0.05, 0) is 30.7 Å². The maximum absolute atomic E-state index is 11.5. The predicted octanol–water partition coefficient (Wildman–Crippen LogP) is 3.22. The lowest BCUT2D eigenvalue weighted by Crippen LogP contribution is -2.16. The zero-order valence-corrected chi connectivity index (χ0v) is 12.0. The molecule has 0 aliphatic heterocycles. The van der Waals surface area contributed by atoms with Crippen molar-refractivity contribution in [2.24, 2.45) is 5.92 Å². The summed E-state index contributed by atoms with van der Waals surface area (Å²) in [4.78, 5) is 22.8. The molecule has 0 bridgehead atoms. The Morgan fingerprint density at radius 1 is 1.25 bits per heavy atom. The number of aromatic carboxylic acids is 1. The Kier molecular flexibility index (Phi) is 2.77. The number of carbonyl (C=O) groups is 1. The van der Waals surface area contributed by atoms with Crippen LogP contribution in [0.2, 0.25) is 0 Å². The zero-order chi connectivity index (χ0) is 13.7. The number of nitrogens with zero attached hydrogens (tertiary/aromatic N) is 2.